The van der Waals surface area contributed by atoms with Gasteiger partial charge < -0.3 is 14.8 Å². The van der Waals surface area contributed by atoms with Gasteiger partial charge in [-0.3, -0.25) is 9.59 Å². The third-order valence-electron chi connectivity index (χ3n) is 4.94. The van der Waals surface area contributed by atoms with Crippen molar-refractivity contribution >= 4 is 49.5 Å². The molecule has 2 N–H and O–H groups in total. The van der Waals surface area contributed by atoms with E-state index in [2.05, 4.69) is 5.32 Å². The predicted octanol–water partition coefficient (Wildman–Crippen LogP) is 0.691. The molecule has 0 spiro atoms. The van der Waals surface area contributed by atoms with Crippen LogP contribution in [0.2, 0.25) is 0 Å². The molecule has 33 heavy (non-hydrogen) atoms. The average Bonchev–Trinajstić information content (AvgIpc) is 2.96. The fourth-order valence-electron chi connectivity index (χ4n) is 3.07. The average molecular weight is 525 g/mol. The molecule has 0 aliphatic carbocycles. The number of hydrogen-bond acceptors (Lipinski definition) is 11. The van der Waals surface area contributed by atoms with E-state index in [1.54, 1.807) is 13.8 Å². The molecule has 0 unspecified atom stereocenters. The lowest BCUT2D eigenvalue weighted by Gasteiger charge is -2.23. The SMILES string of the molecule is CCN[C@H]1C=C(S(=O)(=O)NC(=O)[C@H](C)OC(=O)[C@H](C)OC(=O)CC)SC2=C1C[C@H](C)S2(=O)=O. The van der Waals surface area contributed by atoms with Crippen molar-refractivity contribution in [2.75, 3.05) is 6.54 Å². The van der Waals surface area contributed by atoms with Gasteiger partial charge in [0.05, 0.1) is 11.3 Å². The Morgan fingerprint density at radius 3 is 2.39 bits per heavy atom. The molecular formula is C19H28N2O9S3. The molecule has 0 saturated carbocycles. The number of likely N-dealkylation sites (N-methyl/N-ethyl adjacent to an activating group) is 1. The van der Waals surface area contributed by atoms with Gasteiger partial charge in [-0.25, -0.2) is 26.4 Å². The van der Waals surface area contributed by atoms with E-state index in [-0.39, 0.29) is 21.3 Å². The van der Waals surface area contributed by atoms with Crippen molar-refractivity contribution in [2.45, 2.75) is 71.0 Å². The van der Waals surface area contributed by atoms with Gasteiger partial charge in [0.1, 0.15) is 8.47 Å². The van der Waals surface area contributed by atoms with Gasteiger partial charge >= 0.3 is 11.9 Å². The summed E-state index contributed by atoms with van der Waals surface area (Å²) in [6, 6.07) is -0.614. The molecule has 2 aliphatic heterocycles. The van der Waals surface area contributed by atoms with E-state index in [0.717, 1.165) is 6.92 Å². The Balaban J connectivity index is 2.14. The lowest BCUT2D eigenvalue weighted by molar-refractivity contribution is -0.171. The first kappa shape index (κ1) is 27.3. The maximum atomic E-state index is 12.9. The molecule has 186 valence electrons. The van der Waals surface area contributed by atoms with Crippen LogP contribution in [-0.4, -0.2) is 64.7 Å². The third kappa shape index (κ3) is 6.16. The number of thioether (sulfide) groups is 1. The Bertz CT molecular complexity index is 1090. The summed E-state index contributed by atoms with van der Waals surface area (Å²) in [5.41, 5.74) is 0.595. The predicted molar refractivity (Wildman–Crippen MR) is 122 cm³/mol. The van der Waals surface area contributed by atoms with Crippen molar-refractivity contribution in [1.29, 1.82) is 0 Å². The molecule has 1 amide bonds. The quantitative estimate of drug-likeness (QED) is 0.408. The smallest absolute Gasteiger partial charge is 0.347 e. The standard InChI is InChI=1S/C19H28N2O9S3/c1-6-15(22)29-12(5)18(24)30-11(4)17(23)21-33(27,28)16-9-14(20-7-2)13-8-10(3)32(25,26)19(13)31-16/h9-12,14,20H,6-8H2,1-5H3,(H,21,23)/t10-,11-,12-,14-/m0/s1. The molecule has 2 aliphatic rings. The van der Waals surface area contributed by atoms with Crippen molar-refractivity contribution in [2.24, 2.45) is 0 Å². The minimum absolute atomic E-state index is 0.0256. The van der Waals surface area contributed by atoms with Crippen molar-refractivity contribution < 1.29 is 40.7 Å². The number of ether oxygens (including phenoxy) is 2. The minimum Gasteiger partial charge on any atom is -0.451 e. The number of esters is 2. The van der Waals surface area contributed by atoms with E-state index in [1.165, 1.54) is 19.9 Å². The second-order valence-electron chi connectivity index (χ2n) is 7.53. The highest BCUT2D eigenvalue weighted by Crippen LogP contribution is 2.47. The molecule has 0 radical (unpaired) electrons. The summed E-state index contributed by atoms with van der Waals surface area (Å²) >= 11 is 0.576. The fraction of sp³-hybridized carbons (Fsp3) is 0.632. The molecule has 0 aromatic rings. The van der Waals surface area contributed by atoms with Crippen LogP contribution >= 0.6 is 11.8 Å². The van der Waals surface area contributed by atoms with Gasteiger partial charge in [0.2, 0.25) is 0 Å². The summed E-state index contributed by atoms with van der Waals surface area (Å²) in [6.45, 7) is 7.77. The number of amides is 1. The second kappa shape index (κ2) is 10.6. The van der Waals surface area contributed by atoms with Gasteiger partial charge in [-0.2, -0.15) is 0 Å². The third-order valence-corrected chi connectivity index (χ3v) is 10.7. The monoisotopic (exact) mass is 524 g/mol. The molecule has 4 atom stereocenters. The number of rotatable bonds is 9. The zero-order valence-corrected chi connectivity index (χ0v) is 21.4. The zero-order chi connectivity index (χ0) is 25.1. The Morgan fingerprint density at radius 1 is 1.18 bits per heavy atom. The molecule has 0 aromatic heterocycles. The van der Waals surface area contributed by atoms with E-state index >= 15 is 0 Å². The number of nitrogens with one attached hydrogen (secondary N) is 2. The van der Waals surface area contributed by atoms with Crippen LogP contribution < -0.4 is 10.0 Å². The Labute approximate surface area is 197 Å². The van der Waals surface area contributed by atoms with Crippen LogP contribution in [0.1, 0.15) is 47.5 Å². The van der Waals surface area contributed by atoms with E-state index < -0.39 is 61.2 Å². The second-order valence-corrected chi connectivity index (χ2v) is 13.1. The van der Waals surface area contributed by atoms with Crippen LogP contribution in [0.25, 0.3) is 0 Å². The molecule has 14 heteroatoms. The zero-order valence-electron chi connectivity index (χ0n) is 18.9. The highest BCUT2D eigenvalue weighted by atomic mass is 32.3. The molecule has 0 saturated heterocycles. The van der Waals surface area contributed by atoms with Crippen LogP contribution in [0.4, 0.5) is 0 Å². The molecular weight excluding hydrogens is 496 g/mol. The van der Waals surface area contributed by atoms with Gasteiger partial charge in [0, 0.05) is 6.42 Å². The summed E-state index contributed by atoms with van der Waals surface area (Å²) in [5, 5.41) is 2.37. The highest BCUT2D eigenvalue weighted by molar-refractivity contribution is 8.28. The normalized spacial score (nSPS) is 23.7. The largest absolute Gasteiger partial charge is 0.451 e. The lowest BCUT2D eigenvalue weighted by Crippen LogP contribution is -2.42. The molecule has 0 aromatic carbocycles. The number of sulfonamides is 1. The molecule has 11 nitrogen and oxygen atoms in total. The lowest BCUT2D eigenvalue weighted by atomic mass is 10.0. The fourth-order valence-corrected chi connectivity index (χ4v) is 8.19. The number of carbonyl (C=O) groups excluding carboxylic acids is 3. The van der Waals surface area contributed by atoms with E-state index in [1.807, 2.05) is 4.72 Å². The summed E-state index contributed by atoms with van der Waals surface area (Å²) in [4.78, 5) is 35.7. The number of sulfone groups is 1. The van der Waals surface area contributed by atoms with Crippen molar-refractivity contribution in [3.8, 4) is 0 Å². The summed E-state index contributed by atoms with van der Waals surface area (Å²) < 4.78 is 62.2. The molecule has 0 fully saturated rings. The van der Waals surface area contributed by atoms with Gasteiger partial charge in [-0.05, 0) is 45.4 Å². The first-order chi connectivity index (χ1) is 15.2. The molecule has 2 heterocycles. The van der Waals surface area contributed by atoms with Crippen molar-refractivity contribution in [3.05, 3.63) is 20.1 Å². The Morgan fingerprint density at radius 2 is 1.82 bits per heavy atom. The minimum atomic E-state index is -4.45. The van der Waals surface area contributed by atoms with E-state index in [9.17, 15) is 31.2 Å². The van der Waals surface area contributed by atoms with Gasteiger partial charge in [-0.15, -0.1) is 0 Å². The first-order valence-corrected chi connectivity index (χ1v) is 14.2. The van der Waals surface area contributed by atoms with Crippen molar-refractivity contribution in [3.63, 3.8) is 0 Å². The van der Waals surface area contributed by atoms with E-state index in [0.29, 0.717) is 23.9 Å². The summed E-state index contributed by atoms with van der Waals surface area (Å²) in [5.74, 6) is -2.79. The van der Waals surface area contributed by atoms with Gasteiger partial charge in [-0.1, -0.05) is 25.6 Å². The maximum absolute atomic E-state index is 12.9. The Kier molecular flexibility index (Phi) is 8.76. The number of hydrogen-bond donors (Lipinski definition) is 2. The highest BCUT2D eigenvalue weighted by Gasteiger charge is 2.44. The van der Waals surface area contributed by atoms with Crippen LogP contribution in [-0.2, 0) is 43.7 Å². The summed E-state index contributed by atoms with van der Waals surface area (Å²) in [7, 11) is -8.13. The van der Waals surface area contributed by atoms with Crippen LogP contribution in [0.5, 0.6) is 0 Å². The van der Waals surface area contributed by atoms with Crippen LogP contribution in [0.15, 0.2) is 20.1 Å². The van der Waals surface area contributed by atoms with Crippen molar-refractivity contribution in [1.82, 2.24) is 10.0 Å². The van der Waals surface area contributed by atoms with Gasteiger partial charge in [0.25, 0.3) is 15.9 Å². The first-order valence-electron chi connectivity index (χ1n) is 10.3. The topological polar surface area (TPSA) is 162 Å². The van der Waals surface area contributed by atoms with Crippen LogP contribution in [0.3, 0.4) is 0 Å². The van der Waals surface area contributed by atoms with E-state index in [4.69, 9.17) is 9.47 Å². The summed E-state index contributed by atoms with van der Waals surface area (Å²) in [6.07, 6.45) is -1.11. The Hall–Kier alpha value is -1.90. The molecule has 2 rings (SSSR count). The molecule has 0 bridgehead atoms. The maximum Gasteiger partial charge on any atom is 0.347 e. The van der Waals surface area contributed by atoms with Crippen LogP contribution in [0, 0.1) is 0 Å². The van der Waals surface area contributed by atoms with Gasteiger partial charge in [0.15, 0.2) is 22.0 Å². The number of carbonyl (C=O) groups is 3.